The van der Waals surface area contributed by atoms with Gasteiger partial charge in [-0.2, -0.15) is 8.78 Å². The van der Waals surface area contributed by atoms with Crippen LogP contribution in [0.4, 0.5) is 17.6 Å². The summed E-state index contributed by atoms with van der Waals surface area (Å²) in [5, 5.41) is 17.7. The second-order valence-electron chi connectivity index (χ2n) is 9.26. The molecule has 0 aromatic heterocycles. The summed E-state index contributed by atoms with van der Waals surface area (Å²) in [5.74, 6) is -12.1. The number of carbonyl (C=O) groups is 3. The molecular formula is C28H24F4N2O6. The molecule has 2 N–H and O–H groups in total. The first-order valence-electron chi connectivity index (χ1n) is 12.3. The summed E-state index contributed by atoms with van der Waals surface area (Å²) in [6.07, 6.45) is -0.351. The van der Waals surface area contributed by atoms with Crippen LogP contribution in [-0.2, 0) is 25.6 Å². The van der Waals surface area contributed by atoms with Crippen molar-refractivity contribution in [2.75, 3.05) is 6.61 Å². The van der Waals surface area contributed by atoms with Crippen LogP contribution in [0.1, 0.15) is 31.7 Å². The molecule has 1 aliphatic rings. The lowest BCUT2D eigenvalue weighted by atomic mass is 9.89. The van der Waals surface area contributed by atoms with Gasteiger partial charge in [0.2, 0.25) is 17.2 Å². The molecule has 1 heterocycles. The second kappa shape index (κ2) is 11.7. The first-order valence-corrected chi connectivity index (χ1v) is 12.3. The third-order valence-corrected chi connectivity index (χ3v) is 6.60. The first-order chi connectivity index (χ1) is 19.0. The van der Waals surface area contributed by atoms with E-state index in [2.05, 4.69) is 15.2 Å². The fraction of sp³-hybridized carbons (Fsp3) is 0.286. The first kappa shape index (κ1) is 28.5. The molecule has 0 radical (unpaired) electrons. The van der Waals surface area contributed by atoms with Crippen LogP contribution in [0, 0.1) is 23.3 Å². The smallest absolute Gasteiger partial charge is 0.305 e. The molecule has 40 heavy (non-hydrogen) atoms. The molecule has 4 rings (SSSR count). The van der Waals surface area contributed by atoms with E-state index in [-0.39, 0.29) is 18.9 Å². The van der Waals surface area contributed by atoms with Gasteiger partial charge in [-0.05, 0) is 22.8 Å². The van der Waals surface area contributed by atoms with Crippen LogP contribution in [0.25, 0.3) is 10.8 Å². The maximum absolute atomic E-state index is 13.9. The summed E-state index contributed by atoms with van der Waals surface area (Å²) in [6.45, 7) is 0.467. The summed E-state index contributed by atoms with van der Waals surface area (Å²) in [5.41, 5.74) is -0.0317. The standard InChI is InChI=1S/C28H24F4N2O6/c1-2-28(13-17(34-40-28)10-16-8-5-7-15-6-3-4-9-18(15)16)27(38)33-21(12-23(36)37)22(35)14-39-26-24(31)19(29)11-20(30)25(26)32/h3-9,11,21H,2,10,12-14H2,1H3,(H,33,38)(H,36,37)/t21-,28?/m0/s1. The molecule has 210 valence electrons. The van der Waals surface area contributed by atoms with Gasteiger partial charge in [0.15, 0.2) is 23.2 Å². The second-order valence-corrected chi connectivity index (χ2v) is 9.26. The van der Waals surface area contributed by atoms with Gasteiger partial charge in [0.25, 0.3) is 5.91 Å². The van der Waals surface area contributed by atoms with Crippen LogP contribution >= 0.6 is 0 Å². The molecule has 0 bridgehead atoms. The third-order valence-electron chi connectivity index (χ3n) is 6.60. The molecule has 1 unspecified atom stereocenters. The normalized spacial score (nSPS) is 17.2. The molecule has 1 aliphatic heterocycles. The number of carbonyl (C=O) groups excluding carboxylic acids is 2. The van der Waals surface area contributed by atoms with Gasteiger partial charge < -0.3 is 20.0 Å². The van der Waals surface area contributed by atoms with Crippen LogP contribution < -0.4 is 10.1 Å². The van der Waals surface area contributed by atoms with E-state index in [4.69, 9.17) is 4.84 Å². The highest BCUT2D eigenvalue weighted by atomic mass is 19.2. The minimum Gasteiger partial charge on any atom is -0.481 e. The quantitative estimate of drug-likeness (QED) is 0.264. The summed E-state index contributed by atoms with van der Waals surface area (Å²) in [7, 11) is 0. The number of oxime groups is 1. The Hall–Kier alpha value is -4.48. The van der Waals surface area contributed by atoms with Crippen molar-refractivity contribution in [3.05, 3.63) is 77.4 Å². The molecule has 0 saturated heterocycles. The lowest BCUT2D eigenvalue weighted by molar-refractivity contribution is -0.148. The number of Topliss-reactive ketones (excluding diaryl/α,β-unsaturated/α-hetero) is 1. The number of hydrogen-bond donors (Lipinski definition) is 2. The minimum atomic E-state index is -1.87. The van der Waals surface area contributed by atoms with E-state index in [1.54, 1.807) is 6.92 Å². The number of halogens is 4. The lowest BCUT2D eigenvalue weighted by Gasteiger charge is -2.26. The number of carboxylic acids is 1. The maximum atomic E-state index is 13.9. The van der Waals surface area contributed by atoms with E-state index in [0.717, 1.165) is 16.3 Å². The van der Waals surface area contributed by atoms with Gasteiger partial charge in [0, 0.05) is 18.9 Å². The molecular weight excluding hydrogens is 536 g/mol. The molecule has 0 saturated carbocycles. The zero-order valence-corrected chi connectivity index (χ0v) is 21.2. The number of benzene rings is 3. The van der Waals surface area contributed by atoms with Gasteiger partial charge in [-0.1, -0.05) is 54.5 Å². The Labute approximate surface area is 225 Å². The number of nitrogens with one attached hydrogen (secondary N) is 1. The number of ketones is 1. The lowest BCUT2D eigenvalue weighted by Crippen LogP contribution is -2.53. The molecule has 8 nitrogen and oxygen atoms in total. The van der Waals surface area contributed by atoms with Crippen molar-refractivity contribution in [3.63, 3.8) is 0 Å². The van der Waals surface area contributed by atoms with Gasteiger partial charge in [-0.15, -0.1) is 0 Å². The maximum Gasteiger partial charge on any atom is 0.305 e. The van der Waals surface area contributed by atoms with Gasteiger partial charge in [-0.25, -0.2) is 8.78 Å². The topological polar surface area (TPSA) is 114 Å². The molecule has 3 aromatic carbocycles. The average molecular weight is 561 g/mol. The number of aliphatic carboxylic acids is 1. The van der Waals surface area contributed by atoms with Crippen LogP contribution in [0.2, 0.25) is 0 Å². The number of carboxylic acid groups (broad SMARTS) is 1. The van der Waals surface area contributed by atoms with E-state index in [1.807, 2.05) is 42.5 Å². The SMILES string of the molecule is CCC1(C(=O)N[C@@H](CC(=O)O)C(=O)COc2c(F)c(F)cc(F)c2F)CC(Cc2cccc3ccccc23)=NO1. The zero-order valence-electron chi connectivity index (χ0n) is 21.2. The predicted molar refractivity (Wildman–Crippen MR) is 135 cm³/mol. The highest BCUT2D eigenvalue weighted by Crippen LogP contribution is 2.31. The van der Waals surface area contributed by atoms with Crippen LogP contribution in [-0.4, -0.2) is 46.7 Å². The number of hydrogen-bond acceptors (Lipinski definition) is 6. The molecule has 0 spiro atoms. The number of amides is 1. The fourth-order valence-electron chi connectivity index (χ4n) is 4.41. The van der Waals surface area contributed by atoms with E-state index >= 15 is 0 Å². The Bertz CT molecular complexity index is 1480. The van der Waals surface area contributed by atoms with Crippen LogP contribution in [0.15, 0.2) is 53.7 Å². The Morgan fingerprint density at radius 3 is 2.42 bits per heavy atom. The monoisotopic (exact) mass is 560 g/mol. The van der Waals surface area contributed by atoms with Gasteiger partial charge in [0.05, 0.1) is 12.1 Å². The molecule has 3 aromatic rings. The number of nitrogens with zero attached hydrogens (tertiary/aromatic N) is 1. The summed E-state index contributed by atoms with van der Waals surface area (Å²) < 4.78 is 59.3. The van der Waals surface area contributed by atoms with E-state index in [9.17, 15) is 37.1 Å². The Morgan fingerprint density at radius 2 is 1.75 bits per heavy atom. The van der Waals surface area contributed by atoms with E-state index in [1.165, 1.54) is 0 Å². The van der Waals surface area contributed by atoms with Crippen molar-refractivity contribution in [3.8, 4) is 5.75 Å². The molecule has 0 aliphatic carbocycles. The Morgan fingerprint density at radius 1 is 1.07 bits per heavy atom. The van der Waals surface area contributed by atoms with Crippen molar-refractivity contribution < 1.29 is 46.6 Å². The summed E-state index contributed by atoms with van der Waals surface area (Å²) >= 11 is 0. The average Bonchev–Trinajstić information content (AvgIpc) is 3.35. The van der Waals surface area contributed by atoms with E-state index < -0.39 is 71.3 Å². The van der Waals surface area contributed by atoms with Crippen LogP contribution in [0.5, 0.6) is 5.75 Å². The van der Waals surface area contributed by atoms with Crippen LogP contribution in [0.3, 0.4) is 0 Å². The van der Waals surface area contributed by atoms with Gasteiger partial charge in [0.1, 0.15) is 12.6 Å². The molecule has 2 atom stereocenters. The predicted octanol–water partition coefficient (Wildman–Crippen LogP) is 4.47. The van der Waals surface area contributed by atoms with Crippen molar-refractivity contribution in [2.45, 2.75) is 44.2 Å². The van der Waals surface area contributed by atoms with Crippen molar-refractivity contribution in [2.24, 2.45) is 5.16 Å². The number of ether oxygens (including phenoxy) is 1. The highest BCUT2D eigenvalue weighted by molar-refractivity contribution is 6.00. The summed E-state index contributed by atoms with van der Waals surface area (Å²) in [4.78, 5) is 42.9. The van der Waals surface area contributed by atoms with Crippen molar-refractivity contribution in [1.82, 2.24) is 5.32 Å². The number of fused-ring (bicyclic) bond motifs is 1. The fourth-order valence-corrected chi connectivity index (χ4v) is 4.41. The Kier molecular flexibility index (Phi) is 8.36. The minimum absolute atomic E-state index is 0.0325. The van der Waals surface area contributed by atoms with E-state index in [0.29, 0.717) is 12.1 Å². The largest absolute Gasteiger partial charge is 0.481 e. The van der Waals surface area contributed by atoms with Crippen molar-refractivity contribution >= 4 is 34.1 Å². The van der Waals surface area contributed by atoms with Gasteiger partial charge in [-0.3, -0.25) is 14.4 Å². The highest BCUT2D eigenvalue weighted by Gasteiger charge is 2.46. The molecule has 12 heteroatoms. The Balaban J connectivity index is 1.46. The molecule has 0 fully saturated rings. The zero-order chi connectivity index (χ0) is 29.0. The van der Waals surface area contributed by atoms with Crippen molar-refractivity contribution in [1.29, 1.82) is 0 Å². The molecule has 1 amide bonds. The number of rotatable bonds is 11. The van der Waals surface area contributed by atoms with Gasteiger partial charge >= 0.3 is 5.97 Å². The summed E-state index contributed by atoms with van der Waals surface area (Å²) in [6, 6.07) is 11.8. The third kappa shape index (κ3) is 5.90.